The Hall–Kier alpha value is -1.03. The van der Waals surface area contributed by atoms with Crippen LogP contribution in [0.1, 0.15) is 29.3 Å². The third kappa shape index (κ3) is 3.23. The van der Waals surface area contributed by atoms with Crippen LogP contribution in [0.15, 0.2) is 18.2 Å². The summed E-state index contributed by atoms with van der Waals surface area (Å²) in [6, 6.07) is 5.48. The van der Waals surface area contributed by atoms with E-state index in [0.717, 1.165) is 23.7 Å². The molecule has 0 aliphatic carbocycles. The second-order valence-electron chi connectivity index (χ2n) is 3.39. The predicted octanol–water partition coefficient (Wildman–Crippen LogP) is 2.77. The molecule has 0 atom stereocenters. The summed E-state index contributed by atoms with van der Waals surface area (Å²) >= 11 is 3.37. The number of aryl methyl sites for hydroxylation is 1. The normalized spacial score (nSPS) is 10.1. The first-order valence-electron chi connectivity index (χ1n) is 5.31. The fourth-order valence-corrected chi connectivity index (χ4v) is 1.76. The summed E-state index contributed by atoms with van der Waals surface area (Å²) in [5.41, 5.74) is 7.95. The first kappa shape index (κ1) is 13.0. The monoisotopic (exact) mass is 285 g/mol. The molecule has 0 saturated heterocycles. The minimum absolute atomic E-state index is 0.347. The van der Waals surface area contributed by atoms with Gasteiger partial charge in [-0.05, 0) is 31.4 Å². The molecule has 0 aliphatic heterocycles. The highest BCUT2D eigenvalue weighted by Gasteiger charge is 2.12. The third-order valence-corrected chi connectivity index (χ3v) is 2.83. The first-order chi connectivity index (χ1) is 7.70. The Morgan fingerprint density at radius 3 is 2.88 bits per heavy atom. The number of benzene rings is 1. The number of nitrogen functional groups attached to an aromatic ring is 1. The SMILES string of the molecule is CCOC(=O)c1cccc(CCCBr)c1N. The van der Waals surface area contributed by atoms with Gasteiger partial charge < -0.3 is 10.5 Å². The van der Waals surface area contributed by atoms with E-state index in [1.165, 1.54) is 0 Å². The second kappa shape index (κ2) is 6.53. The summed E-state index contributed by atoms with van der Waals surface area (Å²) in [6.07, 6.45) is 1.86. The molecule has 1 aromatic carbocycles. The summed E-state index contributed by atoms with van der Waals surface area (Å²) < 4.78 is 4.94. The van der Waals surface area contributed by atoms with E-state index in [1.54, 1.807) is 13.0 Å². The molecule has 0 spiro atoms. The highest BCUT2D eigenvalue weighted by atomic mass is 79.9. The molecule has 0 amide bonds. The van der Waals surface area contributed by atoms with Gasteiger partial charge in [-0.1, -0.05) is 28.1 Å². The van der Waals surface area contributed by atoms with Crippen molar-refractivity contribution in [3.63, 3.8) is 0 Å². The van der Waals surface area contributed by atoms with Gasteiger partial charge >= 0.3 is 5.97 Å². The van der Waals surface area contributed by atoms with Gasteiger partial charge in [0.2, 0.25) is 0 Å². The molecule has 0 unspecified atom stereocenters. The molecular weight excluding hydrogens is 270 g/mol. The second-order valence-corrected chi connectivity index (χ2v) is 4.18. The average molecular weight is 286 g/mol. The number of hydrogen-bond donors (Lipinski definition) is 1. The van der Waals surface area contributed by atoms with Crippen molar-refractivity contribution in [2.24, 2.45) is 0 Å². The van der Waals surface area contributed by atoms with Crippen molar-refractivity contribution in [3.05, 3.63) is 29.3 Å². The quantitative estimate of drug-likeness (QED) is 0.514. The summed E-state index contributed by atoms with van der Waals surface area (Å²) in [4.78, 5) is 11.6. The number of hydrogen-bond acceptors (Lipinski definition) is 3. The zero-order valence-corrected chi connectivity index (χ0v) is 10.9. The lowest BCUT2D eigenvalue weighted by Crippen LogP contribution is -2.09. The fourth-order valence-electron chi connectivity index (χ4n) is 1.48. The number of anilines is 1. The van der Waals surface area contributed by atoms with Gasteiger partial charge in [-0.25, -0.2) is 4.79 Å². The van der Waals surface area contributed by atoms with Crippen LogP contribution in [0.3, 0.4) is 0 Å². The van der Waals surface area contributed by atoms with Gasteiger partial charge in [0.05, 0.1) is 12.2 Å². The Balaban J connectivity index is 2.89. The average Bonchev–Trinajstić information content (AvgIpc) is 2.28. The topological polar surface area (TPSA) is 52.3 Å². The van der Waals surface area contributed by atoms with Crippen LogP contribution < -0.4 is 5.73 Å². The minimum atomic E-state index is -0.347. The molecule has 0 fully saturated rings. The zero-order valence-electron chi connectivity index (χ0n) is 9.33. The number of carbonyl (C=O) groups is 1. The molecule has 0 radical (unpaired) electrons. The van der Waals surface area contributed by atoms with E-state index in [1.807, 2.05) is 12.1 Å². The number of ether oxygens (including phenoxy) is 1. The standard InChI is InChI=1S/C12H16BrNO2/c1-2-16-12(15)10-7-3-5-9(11(10)14)6-4-8-13/h3,5,7H,2,4,6,8,14H2,1H3. The van der Waals surface area contributed by atoms with E-state index >= 15 is 0 Å². The molecule has 3 nitrogen and oxygen atoms in total. The molecule has 0 aromatic heterocycles. The van der Waals surface area contributed by atoms with Crippen molar-refractivity contribution < 1.29 is 9.53 Å². The maximum atomic E-state index is 11.6. The van der Waals surface area contributed by atoms with Crippen LogP contribution in [0.25, 0.3) is 0 Å². The van der Waals surface area contributed by atoms with Gasteiger partial charge in [-0.3, -0.25) is 0 Å². The van der Waals surface area contributed by atoms with Crippen LogP contribution in [-0.4, -0.2) is 17.9 Å². The largest absolute Gasteiger partial charge is 0.462 e. The van der Waals surface area contributed by atoms with E-state index in [-0.39, 0.29) is 5.97 Å². The molecule has 0 heterocycles. The number of rotatable bonds is 5. The molecule has 16 heavy (non-hydrogen) atoms. The summed E-state index contributed by atoms with van der Waals surface area (Å²) in [5, 5.41) is 0.927. The van der Waals surface area contributed by atoms with E-state index < -0.39 is 0 Å². The van der Waals surface area contributed by atoms with Crippen LogP contribution in [0.4, 0.5) is 5.69 Å². The van der Waals surface area contributed by atoms with Crippen LogP contribution in [0, 0.1) is 0 Å². The summed E-state index contributed by atoms with van der Waals surface area (Å²) in [7, 11) is 0. The highest BCUT2D eigenvalue weighted by Crippen LogP contribution is 2.20. The molecule has 0 aliphatic rings. The summed E-state index contributed by atoms with van der Waals surface area (Å²) in [5.74, 6) is -0.347. The summed E-state index contributed by atoms with van der Waals surface area (Å²) in [6.45, 7) is 2.15. The van der Waals surface area contributed by atoms with Gasteiger partial charge in [-0.15, -0.1) is 0 Å². The lowest BCUT2D eigenvalue weighted by molar-refractivity contribution is 0.0527. The number of carbonyl (C=O) groups excluding carboxylic acids is 1. The van der Waals surface area contributed by atoms with E-state index in [0.29, 0.717) is 17.9 Å². The maximum Gasteiger partial charge on any atom is 0.340 e. The number of esters is 1. The van der Waals surface area contributed by atoms with Gasteiger partial charge in [0.15, 0.2) is 0 Å². The highest BCUT2D eigenvalue weighted by molar-refractivity contribution is 9.09. The Labute approximate surface area is 104 Å². The lowest BCUT2D eigenvalue weighted by atomic mass is 10.0. The Kier molecular flexibility index (Phi) is 5.32. The molecule has 88 valence electrons. The molecule has 0 saturated carbocycles. The predicted molar refractivity (Wildman–Crippen MR) is 68.9 cm³/mol. The fraction of sp³-hybridized carbons (Fsp3) is 0.417. The van der Waals surface area contributed by atoms with Crippen LogP contribution in [0.5, 0.6) is 0 Å². The zero-order chi connectivity index (χ0) is 12.0. The van der Waals surface area contributed by atoms with Gasteiger partial charge in [0.25, 0.3) is 0 Å². The smallest absolute Gasteiger partial charge is 0.340 e. The van der Waals surface area contributed by atoms with Crippen molar-refractivity contribution in [1.82, 2.24) is 0 Å². The van der Waals surface area contributed by atoms with Crippen molar-refractivity contribution >= 4 is 27.6 Å². The Morgan fingerprint density at radius 2 is 2.25 bits per heavy atom. The number of alkyl halides is 1. The Morgan fingerprint density at radius 1 is 1.50 bits per heavy atom. The van der Waals surface area contributed by atoms with E-state index in [9.17, 15) is 4.79 Å². The van der Waals surface area contributed by atoms with Crippen LogP contribution >= 0.6 is 15.9 Å². The first-order valence-corrected chi connectivity index (χ1v) is 6.43. The maximum absolute atomic E-state index is 11.6. The van der Waals surface area contributed by atoms with Gasteiger partial charge in [-0.2, -0.15) is 0 Å². The van der Waals surface area contributed by atoms with E-state index in [4.69, 9.17) is 10.5 Å². The van der Waals surface area contributed by atoms with Crippen LogP contribution in [0.2, 0.25) is 0 Å². The van der Waals surface area contributed by atoms with Crippen molar-refractivity contribution in [1.29, 1.82) is 0 Å². The number of halogens is 1. The molecular formula is C12H16BrNO2. The molecule has 1 rings (SSSR count). The molecule has 1 aromatic rings. The van der Waals surface area contributed by atoms with Crippen molar-refractivity contribution in [2.75, 3.05) is 17.7 Å². The van der Waals surface area contributed by atoms with Crippen LogP contribution in [-0.2, 0) is 11.2 Å². The Bertz CT molecular complexity index is 366. The number of para-hydroxylation sites is 1. The number of nitrogens with two attached hydrogens (primary N) is 1. The van der Waals surface area contributed by atoms with Crippen molar-refractivity contribution in [3.8, 4) is 0 Å². The molecule has 4 heteroatoms. The lowest BCUT2D eigenvalue weighted by Gasteiger charge is -2.09. The van der Waals surface area contributed by atoms with Gasteiger partial charge in [0, 0.05) is 11.0 Å². The molecule has 2 N–H and O–H groups in total. The third-order valence-electron chi connectivity index (χ3n) is 2.27. The molecule has 0 bridgehead atoms. The minimum Gasteiger partial charge on any atom is -0.462 e. The van der Waals surface area contributed by atoms with Crippen molar-refractivity contribution in [2.45, 2.75) is 19.8 Å². The van der Waals surface area contributed by atoms with E-state index in [2.05, 4.69) is 15.9 Å². The van der Waals surface area contributed by atoms with Gasteiger partial charge in [0.1, 0.15) is 0 Å².